The fourth-order valence-corrected chi connectivity index (χ4v) is 5.22. The van der Waals surface area contributed by atoms with Gasteiger partial charge in [0.25, 0.3) is 0 Å². The summed E-state index contributed by atoms with van der Waals surface area (Å²) in [5.74, 6) is -0.415. The summed E-state index contributed by atoms with van der Waals surface area (Å²) in [4.78, 5) is 3.72. The number of ether oxygens (including phenoxy) is 1. The minimum atomic E-state index is -4.89. The van der Waals surface area contributed by atoms with Crippen LogP contribution >= 0.6 is 0 Å². The summed E-state index contributed by atoms with van der Waals surface area (Å²) < 4.78 is 110. The van der Waals surface area contributed by atoms with Crippen molar-refractivity contribution in [2.45, 2.75) is 31.3 Å². The first kappa shape index (κ1) is 29.8. The van der Waals surface area contributed by atoms with Crippen molar-refractivity contribution in [3.8, 4) is 39.5 Å². The molecule has 0 saturated heterocycles. The van der Waals surface area contributed by atoms with Gasteiger partial charge in [-0.15, -0.1) is 18.3 Å². The van der Waals surface area contributed by atoms with Crippen LogP contribution in [0.2, 0.25) is 0 Å². The zero-order valence-electron chi connectivity index (χ0n) is 22.6. The van der Waals surface area contributed by atoms with Crippen LogP contribution in [0.25, 0.3) is 33.8 Å². The fourth-order valence-electron chi connectivity index (χ4n) is 4.55. The minimum absolute atomic E-state index is 0.0203. The lowest BCUT2D eigenvalue weighted by Crippen LogP contribution is -2.17. The predicted molar refractivity (Wildman–Crippen MR) is 144 cm³/mol. The highest BCUT2D eigenvalue weighted by Gasteiger charge is 2.35. The zero-order chi connectivity index (χ0) is 31.3. The molecule has 0 atom stereocenters. The molecule has 224 valence electrons. The van der Waals surface area contributed by atoms with Gasteiger partial charge in [-0.2, -0.15) is 13.2 Å². The molecule has 5 rings (SSSR count). The molecule has 0 saturated carbocycles. The van der Waals surface area contributed by atoms with Crippen molar-refractivity contribution >= 4 is 9.84 Å². The van der Waals surface area contributed by atoms with E-state index in [9.17, 15) is 34.8 Å². The minimum Gasteiger partial charge on any atom is -0.406 e. The predicted octanol–water partition coefficient (Wildman–Crippen LogP) is 6.72. The maximum Gasteiger partial charge on any atom is 0.573 e. The molecule has 0 aliphatic rings. The lowest BCUT2D eigenvalue weighted by Gasteiger charge is -2.17. The van der Waals surface area contributed by atoms with Gasteiger partial charge in [-0.05, 0) is 73.0 Å². The molecular formula is C28H21F6N5O3S. The first-order valence-corrected chi connectivity index (χ1v) is 14.3. The lowest BCUT2D eigenvalue weighted by atomic mass is 10.0. The number of aryl methyl sites for hydroxylation is 2. The van der Waals surface area contributed by atoms with Crippen molar-refractivity contribution in [2.75, 3.05) is 6.26 Å². The van der Waals surface area contributed by atoms with Gasteiger partial charge in [0.2, 0.25) is 0 Å². The molecule has 0 aliphatic heterocycles. The summed E-state index contributed by atoms with van der Waals surface area (Å²) in [5, 5.41) is 8.12. The Kier molecular flexibility index (Phi) is 7.32. The molecule has 0 amide bonds. The Balaban J connectivity index is 1.71. The van der Waals surface area contributed by atoms with E-state index in [1.807, 2.05) is 0 Å². The monoisotopic (exact) mass is 621 g/mol. The third-order valence-electron chi connectivity index (χ3n) is 6.49. The zero-order valence-corrected chi connectivity index (χ0v) is 23.4. The number of nitrogens with zero attached hydrogens (tertiary/aromatic N) is 5. The number of halogens is 6. The van der Waals surface area contributed by atoms with Crippen molar-refractivity contribution in [1.82, 2.24) is 24.5 Å². The van der Waals surface area contributed by atoms with E-state index in [-0.39, 0.29) is 22.1 Å². The number of imidazole rings is 1. The van der Waals surface area contributed by atoms with E-state index in [4.69, 9.17) is 0 Å². The summed E-state index contributed by atoms with van der Waals surface area (Å²) in [6, 6.07) is 14.6. The summed E-state index contributed by atoms with van der Waals surface area (Å²) in [6.45, 7) is 2.95. The lowest BCUT2D eigenvalue weighted by molar-refractivity contribution is -0.274. The standard InChI is InChI=1S/C28H21F6N5O3S/c1-16-11-20(42-28(32,33)34)8-9-22(16)25-14-35-37-39(25)24-13-19(18-5-4-6-21(12-18)43(3,40)41)7-10-23(24)38-15-26(27(29,30)31)36-17(38)2/h4-15H,1-3H3. The molecule has 43 heavy (non-hydrogen) atoms. The van der Waals surface area contributed by atoms with Crippen molar-refractivity contribution in [2.24, 2.45) is 0 Å². The maximum atomic E-state index is 13.5. The van der Waals surface area contributed by atoms with Crippen LogP contribution in [0.15, 0.2) is 78.0 Å². The molecule has 8 nitrogen and oxygen atoms in total. The first-order valence-electron chi connectivity index (χ1n) is 12.4. The molecule has 0 bridgehead atoms. The second-order valence-corrected chi connectivity index (χ2v) is 11.6. The number of aromatic nitrogens is 5. The van der Waals surface area contributed by atoms with Gasteiger partial charge in [0.1, 0.15) is 11.6 Å². The molecule has 2 aromatic heterocycles. The second-order valence-electron chi connectivity index (χ2n) is 9.60. The van der Waals surface area contributed by atoms with Crippen LogP contribution in [0.4, 0.5) is 26.3 Å². The van der Waals surface area contributed by atoms with Crippen molar-refractivity contribution in [3.63, 3.8) is 0 Å². The van der Waals surface area contributed by atoms with Crippen LogP contribution in [0.3, 0.4) is 0 Å². The summed E-state index contributed by atoms with van der Waals surface area (Å²) in [5.41, 5.74) is 1.47. The Labute approximate surface area is 241 Å². The van der Waals surface area contributed by atoms with E-state index in [2.05, 4.69) is 20.0 Å². The SMILES string of the molecule is Cc1cc(OC(F)(F)F)ccc1-c1cnnn1-c1cc(-c2cccc(S(C)(=O)=O)c2)ccc1-n1cc(C(F)(F)F)nc1C. The Morgan fingerprint density at radius 2 is 1.58 bits per heavy atom. The molecule has 0 spiro atoms. The topological polar surface area (TPSA) is 91.9 Å². The molecule has 0 fully saturated rings. The Morgan fingerprint density at radius 1 is 0.860 bits per heavy atom. The number of rotatable bonds is 6. The largest absolute Gasteiger partial charge is 0.573 e. The van der Waals surface area contributed by atoms with Gasteiger partial charge >= 0.3 is 12.5 Å². The van der Waals surface area contributed by atoms with Gasteiger partial charge in [-0.1, -0.05) is 23.4 Å². The Hall–Kier alpha value is -4.66. The van der Waals surface area contributed by atoms with Crippen LogP contribution in [-0.4, -0.2) is 45.6 Å². The third-order valence-corrected chi connectivity index (χ3v) is 7.60. The fraction of sp³-hybridized carbons (Fsp3) is 0.179. The van der Waals surface area contributed by atoms with Gasteiger partial charge in [0.15, 0.2) is 15.5 Å². The van der Waals surface area contributed by atoms with E-state index in [0.29, 0.717) is 27.9 Å². The summed E-state index contributed by atoms with van der Waals surface area (Å²) in [6.07, 6.45) is -6.34. The average molecular weight is 622 g/mol. The highest BCUT2D eigenvalue weighted by Crippen LogP contribution is 2.35. The number of alkyl halides is 6. The van der Waals surface area contributed by atoms with E-state index < -0.39 is 33.8 Å². The summed E-state index contributed by atoms with van der Waals surface area (Å²) >= 11 is 0. The number of sulfone groups is 1. The molecule has 0 unspecified atom stereocenters. The second kappa shape index (κ2) is 10.6. The summed E-state index contributed by atoms with van der Waals surface area (Å²) in [7, 11) is -3.54. The van der Waals surface area contributed by atoms with Crippen LogP contribution < -0.4 is 4.74 Å². The molecular weight excluding hydrogens is 600 g/mol. The molecule has 0 radical (unpaired) electrons. The van der Waals surface area contributed by atoms with Crippen molar-refractivity contribution in [3.05, 3.63) is 90.1 Å². The Bertz CT molecular complexity index is 1940. The van der Waals surface area contributed by atoms with Crippen LogP contribution in [0.5, 0.6) is 5.75 Å². The van der Waals surface area contributed by atoms with Crippen LogP contribution in [0.1, 0.15) is 17.1 Å². The Morgan fingerprint density at radius 3 is 2.21 bits per heavy atom. The third kappa shape index (κ3) is 6.26. The van der Waals surface area contributed by atoms with Crippen molar-refractivity contribution in [1.29, 1.82) is 0 Å². The number of benzene rings is 3. The van der Waals surface area contributed by atoms with Gasteiger partial charge in [-0.25, -0.2) is 18.1 Å². The first-order chi connectivity index (χ1) is 20.0. The van der Waals surface area contributed by atoms with Gasteiger partial charge in [0.05, 0.1) is 28.2 Å². The molecule has 0 aliphatic carbocycles. The van der Waals surface area contributed by atoms with Gasteiger partial charge < -0.3 is 9.30 Å². The van der Waals surface area contributed by atoms with Crippen LogP contribution in [-0.2, 0) is 16.0 Å². The molecule has 15 heteroatoms. The van der Waals surface area contributed by atoms with E-state index in [1.54, 1.807) is 31.2 Å². The quantitative estimate of drug-likeness (QED) is 0.196. The average Bonchev–Trinajstić information content (AvgIpc) is 3.54. The van der Waals surface area contributed by atoms with E-state index in [1.165, 1.54) is 52.7 Å². The highest BCUT2D eigenvalue weighted by atomic mass is 32.2. The highest BCUT2D eigenvalue weighted by molar-refractivity contribution is 7.90. The molecule has 2 heterocycles. The molecule has 5 aromatic rings. The van der Waals surface area contributed by atoms with Crippen LogP contribution in [0, 0.1) is 13.8 Å². The molecule has 3 aromatic carbocycles. The normalized spacial score (nSPS) is 12.5. The number of hydrogen-bond donors (Lipinski definition) is 0. The molecule has 0 N–H and O–H groups in total. The van der Waals surface area contributed by atoms with Gasteiger partial charge in [-0.3, -0.25) is 0 Å². The van der Waals surface area contributed by atoms with E-state index >= 15 is 0 Å². The smallest absolute Gasteiger partial charge is 0.406 e. The maximum absolute atomic E-state index is 13.5. The van der Waals surface area contributed by atoms with E-state index in [0.717, 1.165) is 18.5 Å². The number of hydrogen-bond acceptors (Lipinski definition) is 6. The van der Waals surface area contributed by atoms with Crippen molar-refractivity contribution < 1.29 is 39.5 Å². The van der Waals surface area contributed by atoms with Gasteiger partial charge in [0, 0.05) is 18.0 Å².